The van der Waals surface area contributed by atoms with Crippen molar-refractivity contribution in [3.05, 3.63) is 64.9 Å². The van der Waals surface area contributed by atoms with Crippen LogP contribution in [0.15, 0.2) is 48.5 Å². The molecule has 0 spiro atoms. The quantitative estimate of drug-likeness (QED) is 0.743. The highest BCUT2D eigenvalue weighted by Crippen LogP contribution is 2.22. The number of hydrogen-bond donors (Lipinski definition) is 1. The second kappa shape index (κ2) is 9.12. The Labute approximate surface area is 157 Å². The van der Waals surface area contributed by atoms with E-state index in [1.54, 1.807) is 0 Å². The van der Waals surface area contributed by atoms with E-state index < -0.39 is 15.8 Å². The number of sulfonamides is 1. The smallest absolute Gasteiger partial charge is 0.223 e. The lowest BCUT2D eigenvalue weighted by molar-refractivity contribution is -0.116. The van der Waals surface area contributed by atoms with Gasteiger partial charge in [0.15, 0.2) is 0 Å². The number of anilines is 1. The number of amides is 1. The summed E-state index contributed by atoms with van der Waals surface area (Å²) >= 11 is 5.74. The second-order valence-electron chi connectivity index (χ2n) is 5.72. The molecule has 8 heteroatoms. The fourth-order valence-electron chi connectivity index (χ4n) is 2.40. The number of carbonyl (C=O) groups is 1. The third-order valence-electron chi connectivity index (χ3n) is 3.75. The molecule has 2 aromatic carbocycles. The van der Waals surface area contributed by atoms with E-state index in [2.05, 4.69) is 4.72 Å². The summed E-state index contributed by atoms with van der Waals surface area (Å²) in [7, 11) is -3.47. The maximum absolute atomic E-state index is 13.3. The minimum Gasteiger partial charge on any atom is -0.311 e. The number of hydrogen-bond acceptors (Lipinski definition) is 3. The van der Waals surface area contributed by atoms with E-state index in [0.717, 1.165) is 11.6 Å². The molecule has 5 nitrogen and oxygen atoms in total. The van der Waals surface area contributed by atoms with Gasteiger partial charge < -0.3 is 4.90 Å². The normalized spacial score (nSPS) is 11.3. The zero-order valence-corrected chi connectivity index (χ0v) is 15.9. The van der Waals surface area contributed by atoms with Crippen molar-refractivity contribution in [2.45, 2.75) is 13.3 Å². The van der Waals surface area contributed by atoms with E-state index >= 15 is 0 Å². The van der Waals surface area contributed by atoms with E-state index in [4.69, 9.17) is 11.6 Å². The van der Waals surface area contributed by atoms with Crippen molar-refractivity contribution in [1.82, 2.24) is 4.72 Å². The maximum atomic E-state index is 13.3. The number of aryl methyl sites for hydroxylation is 1. The van der Waals surface area contributed by atoms with Gasteiger partial charge in [0.2, 0.25) is 15.9 Å². The van der Waals surface area contributed by atoms with E-state index in [9.17, 15) is 17.6 Å². The zero-order chi connectivity index (χ0) is 19.2. The summed E-state index contributed by atoms with van der Waals surface area (Å²) in [6.45, 7) is 1.51. The molecule has 0 aliphatic carbocycles. The largest absolute Gasteiger partial charge is 0.311 e. The molecule has 140 valence electrons. The van der Waals surface area contributed by atoms with E-state index in [1.165, 1.54) is 24.0 Å². The SMILES string of the molecule is CC(=O)N(CCNS(=O)(=O)CCc1ccccc1)c1ccc(F)c(Cl)c1. The average molecular weight is 399 g/mol. The van der Waals surface area contributed by atoms with Gasteiger partial charge in [-0.1, -0.05) is 41.9 Å². The van der Waals surface area contributed by atoms with Crippen molar-refractivity contribution in [3.63, 3.8) is 0 Å². The lowest BCUT2D eigenvalue weighted by atomic mass is 10.2. The van der Waals surface area contributed by atoms with Gasteiger partial charge in [-0.15, -0.1) is 0 Å². The Morgan fingerprint density at radius 2 is 1.88 bits per heavy atom. The molecule has 0 radical (unpaired) electrons. The van der Waals surface area contributed by atoms with Gasteiger partial charge in [0.1, 0.15) is 5.82 Å². The monoisotopic (exact) mass is 398 g/mol. The Bertz CT molecular complexity index is 860. The first-order valence-corrected chi connectivity index (χ1v) is 10.1. The van der Waals surface area contributed by atoms with Gasteiger partial charge in [-0.25, -0.2) is 17.5 Å². The summed E-state index contributed by atoms with van der Waals surface area (Å²) in [6.07, 6.45) is 0.403. The number of nitrogens with one attached hydrogen (secondary N) is 1. The number of nitrogens with zero attached hydrogens (tertiary/aromatic N) is 1. The number of carbonyl (C=O) groups excluding carboxylic acids is 1. The Hall–Kier alpha value is -1.96. The van der Waals surface area contributed by atoms with Crippen molar-refractivity contribution < 1.29 is 17.6 Å². The molecular formula is C18H20ClFN2O3S. The fourth-order valence-corrected chi connectivity index (χ4v) is 3.63. The van der Waals surface area contributed by atoms with Crippen LogP contribution in [0.2, 0.25) is 5.02 Å². The predicted molar refractivity (Wildman–Crippen MR) is 101 cm³/mol. The summed E-state index contributed by atoms with van der Waals surface area (Å²) in [5, 5.41) is -0.0998. The van der Waals surface area contributed by atoms with Crippen LogP contribution in [0, 0.1) is 5.82 Å². The minimum atomic E-state index is -3.47. The first-order chi connectivity index (χ1) is 12.3. The Morgan fingerprint density at radius 1 is 1.19 bits per heavy atom. The molecule has 0 aromatic heterocycles. The van der Waals surface area contributed by atoms with Crippen LogP contribution in [0.1, 0.15) is 12.5 Å². The highest BCUT2D eigenvalue weighted by atomic mass is 35.5. The fraction of sp³-hybridized carbons (Fsp3) is 0.278. The second-order valence-corrected chi connectivity index (χ2v) is 8.05. The topological polar surface area (TPSA) is 66.5 Å². The molecule has 0 saturated carbocycles. The Kier molecular flexibility index (Phi) is 7.14. The highest BCUT2D eigenvalue weighted by Gasteiger charge is 2.15. The van der Waals surface area contributed by atoms with Gasteiger partial charge in [-0.2, -0.15) is 0 Å². The van der Waals surface area contributed by atoms with Gasteiger partial charge in [0.05, 0.1) is 10.8 Å². The maximum Gasteiger partial charge on any atom is 0.223 e. The van der Waals surface area contributed by atoms with E-state index in [-0.39, 0.29) is 29.8 Å². The van der Waals surface area contributed by atoms with Crippen LogP contribution in [0.3, 0.4) is 0 Å². The van der Waals surface area contributed by atoms with Gasteiger partial charge in [-0.05, 0) is 30.2 Å². The summed E-state index contributed by atoms with van der Waals surface area (Å²) in [4.78, 5) is 13.2. The molecule has 0 unspecified atom stereocenters. The van der Waals surface area contributed by atoms with Crippen molar-refractivity contribution in [3.8, 4) is 0 Å². The Balaban J connectivity index is 1.92. The molecule has 1 amide bonds. The third kappa shape index (κ3) is 6.09. The van der Waals surface area contributed by atoms with Gasteiger partial charge >= 0.3 is 0 Å². The minimum absolute atomic E-state index is 0.0422. The zero-order valence-electron chi connectivity index (χ0n) is 14.3. The van der Waals surface area contributed by atoms with Crippen molar-refractivity contribution in [2.75, 3.05) is 23.7 Å². The molecule has 2 rings (SSSR count). The van der Waals surface area contributed by atoms with E-state index in [0.29, 0.717) is 12.1 Å². The molecule has 0 bridgehead atoms. The lowest BCUT2D eigenvalue weighted by Gasteiger charge is -2.21. The summed E-state index contributed by atoms with van der Waals surface area (Å²) in [5.74, 6) is -0.920. The lowest BCUT2D eigenvalue weighted by Crippen LogP contribution is -2.38. The van der Waals surface area contributed by atoms with Crippen LogP contribution >= 0.6 is 11.6 Å². The predicted octanol–water partition coefficient (Wildman–Crippen LogP) is 2.99. The molecular weight excluding hydrogens is 379 g/mol. The number of benzene rings is 2. The molecule has 2 aromatic rings. The van der Waals surface area contributed by atoms with E-state index in [1.807, 2.05) is 30.3 Å². The van der Waals surface area contributed by atoms with Gasteiger partial charge in [-0.3, -0.25) is 4.79 Å². The molecule has 0 aliphatic heterocycles. The van der Waals surface area contributed by atoms with Crippen molar-refractivity contribution in [2.24, 2.45) is 0 Å². The molecule has 0 saturated heterocycles. The molecule has 26 heavy (non-hydrogen) atoms. The van der Waals surface area contributed by atoms with Crippen LogP contribution in [-0.4, -0.2) is 33.2 Å². The molecule has 0 atom stereocenters. The summed E-state index contributed by atoms with van der Waals surface area (Å²) in [5.41, 5.74) is 1.34. The van der Waals surface area contributed by atoms with Crippen LogP contribution < -0.4 is 9.62 Å². The summed E-state index contributed by atoms with van der Waals surface area (Å²) in [6, 6.07) is 13.2. The molecule has 0 aliphatic rings. The van der Waals surface area contributed by atoms with Gasteiger partial charge in [0, 0.05) is 25.7 Å². The van der Waals surface area contributed by atoms with Crippen molar-refractivity contribution in [1.29, 1.82) is 0 Å². The Morgan fingerprint density at radius 3 is 2.50 bits per heavy atom. The number of rotatable bonds is 8. The summed E-state index contributed by atoms with van der Waals surface area (Å²) < 4.78 is 40.0. The number of halogens is 2. The van der Waals surface area contributed by atoms with Crippen LogP contribution in [0.5, 0.6) is 0 Å². The molecule has 0 heterocycles. The standard InChI is InChI=1S/C18H20ClFN2O3S/c1-14(23)22(16-7-8-18(20)17(19)13-16)11-10-21-26(24,25)12-9-15-5-3-2-4-6-15/h2-8,13,21H,9-12H2,1H3. The molecule has 1 N–H and O–H groups in total. The van der Waals surface area contributed by atoms with Crippen LogP contribution in [0.25, 0.3) is 0 Å². The average Bonchev–Trinajstić information content (AvgIpc) is 2.60. The van der Waals surface area contributed by atoms with Crippen molar-refractivity contribution >= 4 is 33.2 Å². The van der Waals surface area contributed by atoms with Crippen LogP contribution in [0.4, 0.5) is 10.1 Å². The molecule has 0 fully saturated rings. The highest BCUT2D eigenvalue weighted by molar-refractivity contribution is 7.89. The first-order valence-electron chi connectivity index (χ1n) is 8.03. The third-order valence-corrected chi connectivity index (χ3v) is 5.43. The first kappa shape index (κ1) is 20.4. The van der Waals surface area contributed by atoms with Gasteiger partial charge in [0.25, 0.3) is 0 Å². The van der Waals surface area contributed by atoms with Crippen LogP contribution in [-0.2, 0) is 21.2 Å².